The van der Waals surface area contributed by atoms with Crippen LogP contribution in [-0.4, -0.2) is 11.1 Å². The molecule has 0 radical (unpaired) electrons. The van der Waals surface area contributed by atoms with E-state index in [0.717, 1.165) is 5.56 Å². The van der Waals surface area contributed by atoms with Crippen molar-refractivity contribution in [3.8, 4) is 0 Å². The Hall–Kier alpha value is -0.280. The topological polar surface area (TPSA) is 46.2 Å². The van der Waals surface area contributed by atoms with Crippen molar-refractivity contribution in [1.29, 1.82) is 0 Å². The number of aliphatic hydroxyl groups is 1. The van der Waals surface area contributed by atoms with Gasteiger partial charge in [-0.15, -0.1) is 0 Å². The number of nitrogens with two attached hydrogens (primary N) is 1. The molecule has 0 aliphatic rings. The summed E-state index contributed by atoms with van der Waals surface area (Å²) in [6.07, 6.45) is -0.778. The molecule has 0 aliphatic carbocycles. The van der Waals surface area contributed by atoms with Crippen molar-refractivity contribution in [3.05, 3.63) is 33.3 Å². The van der Waals surface area contributed by atoms with Crippen LogP contribution in [0.2, 0.25) is 10.0 Å². The Labute approximate surface area is 93.6 Å². The molecule has 1 aromatic rings. The Balaban J connectivity index is 3.20. The summed E-state index contributed by atoms with van der Waals surface area (Å²) in [7, 11) is 0. The van der Waals surface area contributed by atoms with E-state index in [2.05, 4.69) is 0 Å². The zero-order valence-electron chi connectivity index (χ0n) is 8.09. The largest absolute Gasteiger partial charge is 0.387 e. The van der Waals surface area contributed by atoms with Crippen LogP contribution in [0.25, 0.3) is 0 Å². The van der Waals surface area contributed by atoms with Crippen molar-refractivity contribution in [2.45, 2.75) is 26.0 Å². The van der Waals surface area contributed by atoms with E-state index < -0.39 is 6.10 Å². The van der Waals surface area contributed by atoms with Gasteiger partial charge in [-0.3, -0.25) is 0 Å². The van der Waals surface area contributed by atoms with Gasteiger partial charge in [-0.2, -0.15) is 0 Å². The fourth-order valence-electron chi connectivity index (χ4n) is 1.25. The fraction of sp³-hybridized carbons (Fsp3) is 0.400. The SMILES string of the molecule is Cc1cc(Cl)c(Cl)c([C@H](O)[C@@H](C)N)c1. The summed E-state index contributed by atoms with van der Waals surface area (Å²) in [4.78, 5) is 0. The molecule has 0 unspecified atom stereocenters. The fourth-order valence-corrected chi connectivity index (χ4v) is 1.75. The number of halogens is 2. The number of rotatable bonds is 2. The number of hydrogen-bond donors (Lipinski definition) is 2. The first kappa shape index (κ1) is 11.8. The Morgan fingerprint density at radius 2 is 1.93 bits per heavy atom. The van der Waals surface area contributed by atoms with Crippen LogP contribution in [-0.2, 0) is 0 Å². The molecular weight excluding hydrogens is 221 g/mol. The van der Waals surface area contributed by atoms with Gasteiger partial charge in [0.05, 0.1) is 16.1 Å². The van der Waals surface area contributed by atoms with E-state index in [4.69, 9.17) is 28.9 Å². The van der Waals surface area contributed by atoms with E-state index in [0.29, 0.717) is 15.6 Å². The summed E-state index contributed by atoms with van der Waals surface area (Å²) < 4.78 is 0. The van der Waals surface area contributed by atoms with Gasteiger partial charge in [-0.25, -0.2) is 0 Å². The molecule has 0 aliphatic heterocycles. The Kier molecular flexibility index (Phi) is 3.78. The monoisotopic (exact) mass is 233 g/mol. The molecule has 4 heteroatoms. The maximum Gasteiger partial charge on any atom is 0.0953 e. The van der Waals surface area contributed by atoms with Crippen molar-refractivity contribution >= 4 is 23.2 Å². The highest BCUT2D eigenvalue weighted by Crippen LogP contribution is 2.32. The quantitative estimate of drug-likeness (QED) is 0.826. The molecule has 3 N–H and O–H groups in total. The van der Waals surface area contributed by atoms with Gasteiger partial charge in [-0.1, -0.05) is 29.3 Å². The average molecular weight is 234 g/mol. The van der Waals surface area contributed by atoms with Crippen molar-refractivity contribution in [2.24, 2.45) is 5.73 Å². The molecule has 0 fully saturated rings. The normalized spacial score (nSPS) is 15.3. The summed E-state index contributed by atoms with van der Waals surface area (Å²) in [5, 5.41) is 10.6. The highest BCUT2D eigenvalue weighted by Gasteiger charge is 2.17. The van der Waals surface area contributed by atoms with E-state index in [9.17, 15) is 5.11 Å². The maximum absolute atomic E-state index is 9.76. The number of aliphatic hydroxyl groups excluding tert-OH is 1. The molecule has 1 rings (SSSR count). The molecule has 2 nitrogen and oxygen atoms in total. The lowest BCUT2D eigenvalue weighted by atomic mass is 10.0. The maximum atomic E-state index is 9.76. The van der Waals surface area contributed by atoms with Gasteiger partial charge in [0.2, 0.25) is 0 Å². The molecule has 0 saturated heterocycles. The summed E-state index contributed by atoms with van der Waals surface area (Å²) in [5.74, 6) is 0. The Bertz CT molecular complexity index is 339. The summed E-state index contributed by atoms with van der Waals surface area (Å²) in [6.45, 7) is 3.61. The lowest BCUT2D eigenvalue weighted by Gasteiger charge is -2.17. The van der Waals surface area contributed by atoms with E-state index in [1.54, 1.807) is 19.1 Å². The van der Waals surface area contributed by atoms with Gasteiger partial charge < -0.3 is 10.8 Å². The molecule has 0 saturated carbocycles. The number of hydrogen-bond acceptors (Lipinski definition) is 2. The molecule has 78 valence electrons. The van der Waals surface area contributed by atoms with Crippen molar-refractivity contribution in [3.63, 3.8) is 0 Å². The third kappa shape index (κ3) is 2.39. The van der Waals surface area contributed by atoms with Crippen LogP contribution < -0.4 is 5.73 Å². The summed E-state index contributed by atoms with van der Waals surface area (Å²) in [6, 6.07) is 3.18. The highest BCUT2D eigenvalue weighted by atomic mass is 35.5. The Morgan fingerprint density at radius 3 is 2.43 bits per heavy atom. The van der Waals surface area contributed by atoms with Crippen molar-refractivity contribution < 1.29 is 5.11 Å². The second-order valence-corrected chi connectivity index (χ2v) is 4.24. The van der Waals surface area contributed by atoms with Crippen LogP contribution in [0, 0.1) is 6.92 Å². The van der Waals surface area contributed by atoms with Crippen LogP contribution in [0.15, 0.2) is 12.1 Å². The molecule has 0 bridgehead atoms. The van der Waals surface area contributed by atoms with Crippen molar-refractivity contribution in [1.82, 2.24) is 0 Å². The zero-order valence-corrected chi connectivity index (χ0v) is 9.60. The van der Waals surface area contributed by atoms with Crippen LogP contribution >= 0.6 is 23.2 Å². The third-order valence-corrected chi connectivity index (χ3v) is 2.83. The van der Waals surface area contributed by atoms with Crippen LogP contribution in [0.5, 0.6) is 0 Å². The van der Waals surface area contributed by atoms with Gasteiger partial charge in [0.15, 0.2) is 0 Å². The first-order valence-corrected chi connectivity index (χ1v) is 5.08. The smallest absolute Gasteiger partial charge is 0.0953 e. The van der Waals surface area contributed by atoms with E-state index in [1.807, 2.05) is 6.92 Å². The van der Waals surface area contributed by atoms with E-state index in [1.165, 1.54) is 0 Å². The van der Waals surface area contributed by atoms with Crippen LogP contribution in [0.4, 0.5) is 0 Å². The highest BCUT2D eigenvalue weighted by molar-refractivity contribution is 6.42. The molecule has 0 spiro atoms. The molecule has 0 aromatic heterocycles. The van der Waals surface area contributed by atoms with Crippen LogP contribution in [0.1, 0.15) is 24.2 Å². The molecular formula is C10H13Cl2NO. The minimum atomic E-state index is -0.778. The summed E-state index contributed by atoms with van der Waals surface area (Å²) in [5.41, 5.74) is 7.13. The molecule has 14 heavy (non-hydrogen) atoms. The molecule has 0 heterocycles. The van der Waals surface area contributed by atoms with Gasteiger partial charge in [-0.05, 0) is 25.5 Å². The van der Waals surface area contributed by atoms with Gasteiger partial charge in [0.25, 0.3) is 0 Å². The summed E-state index contributed by atoms with van der Waals surface area (Å²) >= 11 is 11.8. The second kappa shape index (κ2) is 4.49. The van der Waals surface area contributed by atoms with E-state index >= 15 is 0 Å². The molecule has 2 atom stereocenters. The number of benzene rings is 1. The lowest BCUT2D eigenvalue weighted by Crippen LogP contribution is -2.24. The zero-order chi connectivity index (χ0) is 10.9. The first-order valence-electron chi connectivity index (χ1n) is 4.32. The van der Waals surface area contributed by atoms with E-state index in [-0.39, 0.29) is 6.04 Å². The second-order valence-electron chi connectivity index (χ2n) is 3.45. The number of aryl methyl sites for hydroxylation is 1. The van der Waals surface area contributed by atoms with Crippen LogP contribution in [0.3, 0.4) is 0 Å². The minimum absolute atomic E-state index is 0.370. The van der Waals surface area contributed by atoms with Gasteiger partial charge in [0.1, 0.15) is 0 Å². The minimum Gasteiger partial charge on any atom is -0.387 e. The lowest BCUT2D eigenvalue weighted by molar-refractivity contribution is 0.153. The van der Waals surface area contributed by atoms with Crippen molar-refractivity contribution in [2.75, 3.05) is 0 Å². The van der Waals surface area contributed by atoms with Gasteiger partial charge >= 0.3 is 0 Å². The molecule has 0 amide bonds. The first-order chi connectivity index (χ1) is 6.43. The average Bonchev–Trinajstić information content (AvgIpc) is 2.09. The molecule has 1 aromatic carbocycles. The van der Waals surface area contributed by atoms with Gasteiger partial charge in [0, 0.05) is 11.6 Å². The third-order valence-electron chi connectivity index (χ3n) is 2.02. The predicted octanol–water partition coefficient (Wildman–Crippen LogP) is 2.68. The standard InChI is InChI=1S/C10H13Cl2NO/c1-5-3-7(10(14)6(2)13)9(12)8(11)4-5/h3-4,6,10,14H,13H2,1-2H3/t6-,10-/m1/s1. The predicted molar refractivity (Wildman–Crippen MR) is 59.8 cm³/mol. The Morgan fingerprint density at radius 1 is 1.36 bits per heavy atom.